The van der Waals surface area contributed by atoms with Crippen molar-refractivity contribution in [3.8, 4) is 11.8 Å². The van der Waals surface area contributed by atoms with E-state index in [1.807, 2.05) is 17.9 Å². The fourth-order valence-corrected chi connectivity index (χ4v) is 5.92. The molecule has 0 radical (unpaired) electrons. The van der Waals surface area contributed by atoms with Crippen molar-refractivity contribution < 1.29 is 21.9 Å². The second kappa shape index (κ2) is 8.65. The van der Waals surface area contributed by atoms with Gasteiger partial charge in [0, 0.05) is 36.3 Å². The number of anilines is 2. The first kappa shape index (κ1) is 23.1. The topological polar surface area (TPSA) is 96.8 Å². The van der Waals surface area contributed by atoms with Crippen LogP contribution in [0.1, 0.15) is 30.9 Å². The Balaban J connectivity index is 1.33. The van der Waals surface area contributed by atoms with Gasteiger partial charge in [0.15, 0.2) is 21.4 Å². The van der Waals surface area contributed by atoms with E-state index in [0.29, 0.717) is 41.9 Å². The number of benzene rings is 1. The van der Waals surface area contributed by atoms with E-state index in [4.69, 9.17) is 4.74 Å². The van der Waals surface area contributed by atoms with Crippen LogP contribution >= 0.6 is 0 Å². The van der Waals surface area contributed by atoms with Crippen molar-refractivity contribution in [1.29, 1.82) is 0 Å². The Morgan fingerprint density at radius 2 is 1.89 bits per heavy atom. The fourth-order valence-electron chi connectivity index (χ4n) is 4.72. The summed E-state index contributed by atoms with van der Waals surface area (Å²) in [5, 5.41) is 3.17. The molecule has 1 saturated carbocycles. The largest absolute Gasteiger partial charge is 0.421 e. The van der Waals surface area contributed by atoms with Crippen LogP contribution in [-0.4, -0.2) is 55.4 Å². The molecule has 0 atom stereocenters. The van der Waals surface area contributed by atoms with E-state index in [-0.39, 0.29) is 41.9 Å². The van der Waals surface area contributed by atoms with Gasteiger partial charge in [-0.3, -0.25) is 4.99 Å². The zero-order valence-electron chi connectivity index (χ0n) is 19.7. The molecular formula is C25H25F2N5O3S. The lowest BCUT2D eigenvalue weighted by Crippen LogP contribution is -2.40. The maximum atomic E-state index is 15.2. The Morgan fingerprint density at radius 3 is 2.64 bits per heavy atom. The van der Waals surface area contributed by atoms with Gasteiger partial charge in [0.2, 0.25) is 0 Å². The number of allylic oxidation sites excluding steroid dienone is 1. The number of rotatable bonds is 5. The molecule has 0 amide bonds. The summed E-state index contributed by atoms with van der Waals surface area (Å²) in [4.78, 5) is 15.1. The van der Waals surface area contributed by atoms with Crippen LogP contribution in [0.2, 0.25) is 0 Å². The zero-order chi connectivity index (χ0) is 25.0. The monoisotopic (exact) mass is 513 g/mol. The molecule has 2 aliphatic carbocycles. The molecule has 4 aliphatic rings. The highest BCUT2D eigenvalue weighted by molar-refractivity contribution is 7.91. The Hall–Kier alpha value is -3.34. The van der Waals surface area contributed by atoms with Crippen LogP contribution in [0.15, 0.2) is 34.3 Å². The number of hydrogen-bond donors (Lipinski definition) is 1. The molecular weight excluding hydrogens is 488 g/mol. The van der Waals surface area contributed by atoms with Gasteiger partial charge in [-0.2, -0.15) is 9.97 Å². The van der Waals surface area contributed by atoms with Gasteiger partial charge in [0.1, 0.15) is 23.3 Å². The molecule has 0 bridgehead atoms. The van der Waals surface area contributed by atoms with E-state index < -0.39 is 21.5 Å². The summed E-state index contributed by atoms with van der Waals surface area (Å²) in [6.07, 6.45) is 6.34. The van der Waals surface area contributed by atoms with Gasteiger partial charge >= 0.3 is 6.01 Å². The smallest absolute Gasteiger partial charge is 0.326 e. The van der Waals surface area contributed by atoms with Crippen molar-refractivity contribution in [1.82, 2.24) is 9.97 Å². The highest BCUT2D eigenvalue weighted by Crippen LogP contribution is 2.38. The van der Waals surface area contributed by atoms with E-state index in [9.17, 15) is 12.8 Å². The van der Waals surface area contributed by atoms with Crippen molar-refractivity contribution in [3.63, 3.8) is 0 Å². The Bertz CT molecular complexity index is 1450. The normalized spacial score (nSPS) is 20.5. The highest BCUT2D eigenvalue weighted by atomic mass is 32.2. The molecule has 1 aromatic heterocycles. The minimum atomic E-state index is -3.10. The molecule has 0 unspecified atom stereocenters. The third-order valence-electron chi connectivity index (χ3n) is 6.84. The molecule has 2 fully saturated rings. The summed E-state index contributed by atoms with van der Waals surface area (Å²) < 4.78 is 59.4. The minimum absolute atomic E-state index is 0.00645. The average molecular weight is 514 g/mol. The van der Waals surface area contributed by atoms with Gasteiger partial charge in [-0.15, -0.1) is 0 Å². The van der Waals surface area contributed by atoms with Gasteiger partial charge < -0.3 is 15.0 Å². The number of ether oxygens (including phenoxy) is 1. The molecule has 188 valence electrons. The van der Waals surface area contributed by atoms with Gasteiger partial charge in [-0.25, -0.2) is 17.2 Å². The SMILES string of the molecule is CC1=Cc2c(F)c(Oc3nc(NC4=NCC(C5CC5)=C4)cc(N4CCS(=O)(=O)CC4)n3)cc(F)c2C1. The number of nitrogens with one attached hydrogen (secondary N) is 1. The number of sulfone groups is 1. The number of halogens is 2. The van der Waals surface area contributed by atoms with Gasteiger partial charge in [-0.05, 0) is 43.8 Å². The van der Waals surface area contributed by atoms with E-state index in [0.717, 1.165) is 11.6 Å². The van der Waals surface area contributed by atoms with Crippen molar-refractivity contribution in [2.75, 3.05) is 41.4 Å². The lowest BCUT2D eigenvalue weighted by atomic mass is 10.1. The van der Waals surface area contributed by atoms with Crippen LogP contribution < -0.4 is 15.0 Å². The maximum absolute atomic E-state index is 15.2. The molecule has 1 aromatic carbocycles. The number of hydrogen-bond acceptors (Lipinski definition) is 8. The first-order chi connectivity index (χ1) is 17.2. The van der Waals surface area contributed by atoms with Gasteiger partial charge in [-0.1, -0.05) is 11.6 Å². The molecule has 36 heavy (non-hydrogen) atoms. The quantitative estimate of drug-likeness (QED) is 0.648. The maximum Gasteiger partial charge on any atom is 0.326 e. The Labute approximate surface area is 207 Å². The highest BCUT2D eigenvalue weighted by Gasteiger charge is 2.29. The Kier molecular flexibility index (Phi) is 5.55. The van der Waals surface area contributed by atoms with Crippen molar-refractivity contribution in [2.24, 2.45) is 10.9 Å². The van der Waals surface area contributed by atoms with Crippen LogP contribution in [0.5, 0.6) is 11.8 Å². The summed E-state index contributed by atoms with van der Waals surface area (Å²) in [7, 11) is -3.10. The van der Waals surface area contributed by atoms with E-state index in [1.54, 1.807) is 12.1 Å². The molecule has 8 nitrogen and oxygen atoms in total. The number of aromatic nitrogens is 2. The number of aliphatic imine (C=N–C) groups is 1. The summed E-state index contributed by atoms with van der Waals surface area (Å²) in [6.45, 7) is 2.98. The van der Waals surface area contributed by atoms with E-state index in [1.165, 1.54) is 18.4 Å². The summed E-state index contributed by atoms with van der Waals surface area (Å²) in [5.74, 6) is 0.530. The van der Waals surface area contributed by atoms with Crippen LogP contribution in [0.25, 0.3) is 6.08 Å². The predicted molar refractivity (Wildman–Crippen MR) is 133 cm³/mol. The summed E-state index contributed by atoms with van der Waals surface area (Å²) >= 11 is 0. The summed E-state index contributed by atoms with van der Waals surface area (Å²) in [6, 6.07) is 2.52. The second-order valence-electron chi connectivity index (χ2n) is 9.69. The van der Waals surface area contributed by atoms with Crippen molar-refractivity contribution in [3.05, 3.63) is 52.1 Å². The van der Waals surface area contributed by atoms with Gasteiger partial charge in [0.25, 0.3) is 0 Å². The van der Waals surface area contributed by atoms with Gasteiger partial charge in [0.05, 0.1) is 18.1 Å². The molecule has 0 spiro atoms. The summed E-state index contributed by atoms with van der Waals surface area (Å²) in [5.41, 5.74) is 2.63. The molecule has 1 N–H and O–H groups in total. The minimum Gasteiger partial charge on any atom is -0.421 e. The second-order valence-corrected chi connectivity index (χ2v) is 12.0. The van der Waals surface area contributed by atoms with Crippen LogP contribution in [0.3, 0.4) is 0 Å². The molecule has 2 aromatic rings. The van der Waals surface area contributed by atoms with Crippen LogP contribution in [0, 0.1) is 17.6 Å². The first-order valence-electron chi connectivity index (χ1n) is 12.0. The van der Waals surface area contributed by atoms with Crippen LogP contribution in [-0.2, 0) is 16.3 Å². The van der Waals surface area contributed by atoms with E-state index >= 15 is 4.39 Å². The molecule has 3 heterocycles. The number of fused-ring (bicyclic) bond motifs is 1. The lowest BCUT2D eigenvalue weighted by molar-refractivity contribution is 0.406. The molecule has 1 saturated heterocycles. The molecule has 6 rings (SSSR count). The number of nitrogens with zero attached hydrogens (tertiary/aromatic N) is 4. The number of amidine groups is 1. The van der Waals surface area contributed by atoms with Crippen molar-refractivity contribution >= 4 is 33.4 Å². The zero-order valence-corrected chi connectivity index (χ0v) is 20.5. The fraction of sp³-hybridized carbons (Fsp3) is 0.400. The van der Waals surface area contributed by atoms with Crippen molar-refractivity contribution in [2.45, 2.75) is 26.2 Å². The predicted octanol–water partition coefficient (Wildman–Crippen LogP) is 3.90. The lowest BCUT2D eigenvalue weighted by Gasteiger charge is -2.28. The average Bonchev–Trinajstić information content (AvgIpc) is 3.44. The third kappa shape index (κ3) is 4.59. The molecule has 2 aliphatic heterocycles. The third-order valence-corrected chi connectivity index (χ3v) is 8.45. The standard InChI is InChI=1S/C25H25F2N5O3S/c1-14-8-17-18(9-14)24(27)20(11-19(17)26)35-25-30-22(29-21-10-16(13-28-21)15-2-3-15)12-23(31-25)32-4-6-36(33,34)7-5-32/h9-12,15H,2-8,13H2,1H3,(H,28,29,30,31). The Morgan fingerprint density at radius 1 is 1.11 bits per heavy atom. The van der Waals surface area contributed by atoms with Crippen LogP contribution in [0.4, 0.5) is 20.4 Å². The first-order valence-corrected chi connectivity index (χ1v) is 13.8. The van der Waals surface area contributed by atoms with E-state index in [2.05, 4.69) is 20.3 Å². The molecule has 11 heteroatoms.